The van der Waals surface area contributed by atoms with Gasteiger partial charge in [-0.2, -0.15) is 0 Å². The molecule has 2 N–H and O–H groups in total. The topological polar surface area (TPSA) is 59.6 Å². The zero-order valence-corrected chi connectivity index (χ0v) is 18.0. The number of anilines is 2. The molecule has 5 nitrogen and oxygen atoms in total. The molecule has 1 amide bonds. The van der Waals surface area contributed by atoms with E-state index in [1.165, 1.54) is 5.56 Å². The molecule has 0 saturated heterocycles. The third kappa shape index (κ3) is 8.05. The molecule has 0 atom stereocenters. The van der Waals surface area contributed by atoms with Crippen molar-refractivity contribution >= 4 is 17.3 Å². The molecule has 0 bridgehead atoms. The summed E-state index contributed by atoms with van der Waals surface area (Å²) in [6.45, 7) is 3.58. The van der Waals surface area contributed by atoms with Crippen molar-refractivity contribution in [2.24, 2.45) is 0 Å². The Morgan fingerprint density at radius 1 is 0.806 bits per heavy atom. The number of amides is 1. The number of ether oxygens (including phenoxy) is 2. The maximum atomic E-state index is 12.3. The van der Waals surface area contributed by atoms with Gasteiger partial charge in [-0.1, -0.05) is 55.8 Å². The van der Waals surface area contributed by atoms with Crippen molar-refractivity contribution in [1.82, 2.24) is 0 Å². The molecule has 3 aromatic rings. The Bertz CT molecular complexity index is 944. The summed E-state index contributed by atoms with van der Waals surface area (Å²) in [6, 6.07) is 25.3. The molecule has 0 aliphatic rings. The van der Waals surface area contributed by atoms with Gasteiger partial charge in [-0.15, -0.1) is 0 Å². The first-order chi connectivity index (χ1) is 15.2. The van der Waals surface area contributed by atoms with E-state index < -0.39 is 0 Å². The highest BCUT2D eigenvalue weighted by Gasteiger charge is 2.05. The summed E-state index contributed by atoms with van der Waals surface area (Å²) in [5.41, 5.74) is 2.79. The third-order valence-corrected chi connectivity index (χ3v) is 4.67. The van der Waals surface area contributed by atoms with Gasteiger partial charge in [0.25, 0.3) is 0 Å². The molecule has 0 aliphatic heterocycles. The monoisotopic (exact) mass is 418 g/mol. The van der Waals surface area contributed by atoms with Gasteiger partial charge in [-0.05, 0) is 36.2 Å². The molecule has 31 heavy (non-hydrogen) atoms. The van der Waals surface area contributed by atoms with E-state index in [0.29, 0.717) is 18.9 Å². The highest BCUT2D eigenvalue weighted by Crippen LogP contribution is 2.19. The Hall–Kier alpha value is -3.47. The molecule has 0 spiro atoms. The van der Waals surface area contributed by atoms with E-state index in [1.54, 1.807) is 0 Å². The molecule has 0 radical (unpaired) electrons. The van der Waals surface area contributed by atoms with Crippen LogP contribution in [0.1, 0.15) is 25.3 Å². The van der Waals surface area contributed by atoms with Crippen molar-refractivity contribution in [2.75, 3.05) is 30.4 Å². The first-order valence-corrected chi connectivity index (χ1v) is 10.8. The Morgan fingerprint density at radius 2 is 1.48 bits per heavy atom. The molecular weight excluding hydrogens is 388 g/mol. The van der Waals surface area contributed by atoms with Crippen molar-refractivity contribution in [3.05, 3.63) is 84.4 Å². The van der Waals surface area contributed by atoms with E-state index in [1.807, 2.05) is 66.7 Å². The lowest BCUT2D eigenvalue weighted by atomic mass is 10.2. The molecule has 3 rings (SSSR count). The average Bonchev–Trinajstić information content (AvgIpc) is 2.79. The van der Waals surface area contributed by atoms with Gasteiger partial charge in [0, 0.05) is 29.9 Å². The Morgan fingerprint density at radius 3 is 2.23 bits per heavy atom. The molecule has 0 unspecified atom stereocenters. The van der Waals surface area contributed by atoms with E-state index in [-0.39, 0.29) is 12.5 Å². The van der Waals surface area contributed by atoms with Crippen LogP contribution < -0.4 is 20.1 Å². The third-order valence-electron chi connectivity index (χ3n) is 4.67. The second-order valence-electron chi connectivity index (χ2n) is 7.24. The number of carbonyl (C=O) groups excluding carboxylic acids is 1. The smallest absolute Gasteiger partial charge is 0.243 e. The molecule has 0 aliphatic carbocycles. The number of carbonyl (C=O) groups is 1. The number of hydrogen-bond donors (Lipinski definition) is 2. The lowest BCUT2D eigenvalue weighted by Crippen LogP contribution is -2.21. The second-order valence-corrected chi connectivity index (χ2v) is 7.24. The van der Waals surface area contributed by atoms with Gasteiger partial charge in [0.2, 0.25) is 5.91 Å². The van der Waals surface area contributed by atoms with Crippen molar-refractivity contribution in [3.8, 4) is 11.5 Å². The van der Waals surface area contributed by atoms with Crippen LogP contribution in [0.5, 0.6) is 11.5 Å². The quantitative estimate of drug-likeness (QED) is 0.379. The molecule has 3 aromatic carbocycles. The van der Waals surface area contributed by atoms with Crippen molar-refractivity contribution in [2.45, 2.75) is 26.2 Å². The first kappa shape index (κ1) is 22.2. The van der Waals surface area contributed by atoms with Gasteiger partial charge in [0.15, 0.2) is 0 Å². The van der Waals surface area contributed by atoms with Crippen LogP contribution in [0.3, 0.4) is 0 Å². The fourth-order valence-electron chi connectivity index (χ4n) is 3.01. The number of rotatable bonds is 12. The molecule has 0 heterocycles. The minimum atomic E-state index is -0.126. The maximum absolute atomic E-state index is 12.3. The molecule has 0 fully saturated rings. The zero-order chi connectivity index (χ0) is 21.7. The van der Waals surface area contributed by atoms with Crippen LogP contribution in [-0.2, 0) is 11.2 Å². The molecule has 162 valence electrons. The highest BCUT2D eigenvalue weighted by molar-refractivity contribution is 5.93. The molecule has 0 saturated carbocycles. The largest absolute Gasteiger partial charge is 0.494 e. The van der Waals surface area contributed by atoms with Gasteiger partial charge in [-0.3, -0.25) is 4.79 Å². The number of unbranched alkanes of at least 4 members (excludes halogenated alkanes) is 1. The van der Waals surface area contributed by atoms with Gasteiger partial charge in [0.05, 0.1) is 19.8 Å². The van der Waals surface area contributed by atoms with Crippen LogP contribution >= 0.6 is 0 Å². The second kappa shape index (κ2) is 12.3. The van der Waals surface area contributed by atoms with E-state index in [2.05, 4.69) is 29.7 Å². The fraction of sp³-hybridized carbons (Fsp3) is 0.269. The van der Waals surface area contributed by atoms with Gasteiger partial charge in [0.1, 0.15) is 11.5 Å². The van der Waals surface area contributed by atoms with Crippen molar-refractivity contribution in [1.29, 1.82) is 0 Å². The minimum Gasteiger partial charge on any atom is -0.494 e. The van der Waals surface area contributed by atoms with Gasteiger partial charge < -0.3 is 20.1 Å². The van der Waals surface area contributed by atoms with Crippen molar-refractivity contribution < 1.29 is 14.3 Å². The normalized spacial score (nSPS) is 10.4. The number of hydrogen-bond acceptors (Lipinski definition) is 4. The minimum absolute atomic E-state index is 0.126. The summed E-state index contributed by atoms with van der Waals surface area (Å²) in [4.78, 5) is 12.3. The molecule has 0 aromatic heterocycles. The Kier molecular flexibility index (Phi) is 8.80. The maximum Gasteiger partial charge on any atom is 0.243 e. The summed E-state index contributed by atoms with van der Waals surface area (Å²) in [6.07, 6.45) is 2.95. The van der Waals surface area contributed by atoms with Crippen LogP contribution in [0, 0.1) is 0 Å². The number of benzene rings is 3. The molecule has 5 heteroatoms. The summed E-state index contributed by atoms with van der Waals surface area (Å²) >= 11 is 0. The van der Waals surface area contributed by atoms with E-state index >= 15 is 0 Å². The van der Waals surface area contributed by atoms with Crippen LogP contribution in [0.25, 0.3) is 0 Å². The van der Waals surface area contributed by atoms with E-state index in [9.17, 15) is 4.79 Å². The first-order valence-electron chi connectivity index (χ1n) is 10.8. The highest BCUT2D eigenvalue weighted by atomic mass is 16.5. The van der Waals surface area contributed by atoms with Crippen LogP contribution in [0.4, 0.5) is 11.4 Å². The standard InChI is InChI=1S/C26H30N2O3/c1-2-3-16-30-24-13-7-11-22(18-24)27-20-26(29)28-23-12-8-14-25(19-23)31-17-15-21-9-5-4-6-10-21/h4-14,18-19,27H,2-3,15-17,20H2,1H3,(H,28,29). The lowest BCUT2D eigenvalue weighted by Gasteiger charge is -2.11. The molecular formula is C26H30N2O3. The zero-order valence-electron chi connectivity index (χ0n) is 18.0. The predicted molar refractivity (Wildman–Crippen MR) is 126 cm³/mol. The van der Waals surface area contributed by atoms with Gasteiger partial charge in [-0.25, -0.2) is 0 Å². The summed E-state index contributed by atoms with van der Waals surface area (Å²) < 4.78 is 11.5. The van der Waals surface area contributed by atoms with Gasteiger partial charge >= 0.3 is 0 Å². The average molecular weight is 419 g/mol. The van der Waals surface area contributed by atoms with Crippen LogP contribution in [-0.4, -0.2) is 25.7 Å². The summed E-state index contributed by atoms with van der Waals surface area (Å²) in [7, 11) is 0. The predicted octanol–water partition coefficient (Wildman–Crippen LogP) is 5.54. The summed E-state index contributed by atoms with van der Waals surface area (Å²) in [5, 5.41) is 6.04. The van der Waals surface area contributed by atoms with E-state index in [4.69, 9.17) is 9.47 Å². The lowest BCUT2D eigenvalue weighted by molar-refractivity contribution is -0.114. The Labute approximate surface area is 184 Å². The summed E-state index contributed by atoms with van der Waals surface area (Å²) in [5.74, 6) is 1.41. The Balaban J connectivity index is 1.44. The number of nitrogens with one attached hydrogen (secondary N) is 2. The van der Waals surface area contributed by atoms with Crippen molar-refractivity contribution in [3.63, 3.8) is 0 Å². The SMILES string of the molecule is CCCCOc1cccc(NCC(=O)Nc2cccc(OCCc3ccccc3)c2)c1. The van der Waals surface area contributed by atoms with Crippen LogP contribution in [0.2, 0.25) is 0 Å². The fourth-order valence-corrected chi connectivity index (χ4v) is 3.01. The van der Waals surface area contributed by atoms with E-state index in [0.717, 1.165) is 36.4 Å². The van der Waals surface area contributed by atoms with Crippen LogP contribution in [0.15, 0.2) is 78.9 Å².